The maximum absolute atomic E-state index is 13.0. The summed E-state index contributed by atoms with van der Waals surface area (Å²) in [4.78, 5) is 76.5. The molecule has 0 aromatic rings. The predicted molar refractivity (Wildman–Crippen MR) is 138 cm³/mol. The molecule has 0 saturated carbocycles. The number of carboxylic acid groups (broad SMARTS) is 1. The average molecular weight is 544 g/mol. The molecule has 0 aromatic heterocycles. The van der Waals surface area contributed by atoms with Gasteiger partial charge in [0, 0.05) is 13.0 Å². The Hall–Kier alpha value is -3.95. The van der Waals surface area contributed by atoms with E-state index in [0.29, 0.717) is 0 Å². The molecule has 0 bridgehead atoms. The maximum Gasteiger partial charge on any atom is 0.326 e. The lowest BCUT2D eigenvalue weighted by atomic mass is 10.0. The first-order chi connectivity index (χ1) is 17.6. The van der Waals surface area contributed by atoms with Crippen molar-refractivity contribution in [1.82, 2.24) is 21.3 Å². The first kappa shape index (κ1) is 34.0. The van der Waals surface area contributed by atoms with Gasteiger partial charge < -0.3 is 49.3 Å². The van der Waals surface area contributed by atoms with Crippen molar-refractivity contribution in [2.75, 3.05) is 13.1 Å². The van der Waals surface area contributed by atoms with Gasteiger partial charge in [0.05, 0.1) is 12.6 Å². The van der Waals surface area contributed by atoms with Crippen LogP contribution < -0.4 is 44.2 Å². The van der Waals surface area contributed by atoms with Gasteiger partial charge in [-0.2, -0.15) is 0 Å². The molecule has 13 N–H and O–H groups in total. The van der Waals surface area contributed by atoms with Gasteiger partial charge in [0.25, 0.3) is 0 Å². The molecule has 216 valence electrons. The van der Waals surface area contributed by atoms with Crippen molar-refractivity contribution in [1.29, 1.82) is 0 Å². The Morgan fingerprint density at radius 3 is 1.89 bits per heavy atom. The van der Waals surface area contributed by atoms with E-state index >= 15 is 0 Å². The van der Waals surface area contributed by atoms with Crippen LogP contribution in [-0.4, -0.2) is 83.8 Å². The van der Waals surface area contributed by atoms with Crippen molar-refractivity contribution in [2.45, 2.75) is 77.0 Å². The number of aliphatic carboxylic acids is 1. The van der Waals surface area contributed by atoms with Gasteiger partial charge in [-0.1, -0.05) is 13.8 Å². The fraction of sp³-hybridized carbons (Fsp3) is 0.682. The standard InChI is InChI=1S/C22H41N9O7/c1-11(2)9-15(29-17(33)10-28-18(34)12(3)23)20(36)30-13(6-7-16(24)32)19(35)31-14(21(37)38)5-4-8-27-22(25)26/h11-15H,4-10,23H2,1-3H3,(H2,24,32)(H,28,34)(H,29,33)(H,30,36)(H,31,35)(H,37,38)(H4,25,26,27)/t12-,13-,14-,15-/m0/s1. The Kier molecular flexibility index (Phi) is 15.7. The van der Waals surface area contributed by atoms with E-state index in [4.69, 9.17) is 22.9 Å². The number of hydrogen-bond donors (Lipinski definition) is 9. The van der Waals surface area contributed by atoms with Crippen molar-refractivity contribution in [3.63, 3.8) is 0 Å². The van der Waals surface area contributed by atoms with Crippen LogP contribution in [-0.2, 0) is 28.8 Å². The van der Waals surface area contributed by atoms with E-state index in [-0.39, 0.29) is 50.5 Å². The molecule has 0 rings (SSSR count). The third-order valence-electron chi connectivity index (χ3n) is 5.07. The number of nitrogens with two attached hydrogens (primary N) is 4. The van der Waals surface area contributed by atoms with E-state index in [2.05, 4.69) is 26.3 Å². The Morgan fingerprint density at radius 2 is 1.39 bits per heavy atom. The van der Waals surface area contributed by atoms with Gasteiger partial charge in [-0.25, -0.2) is 4.79 Å². The second kappa shape index (κ2) is 17.5. The lowest BCUT2D eigenvalue weighted by molar-refractivity contribution is -0.142. The number of carboxylic acids is 1. The normalized spacial score (nSPS) is 13.8. The largest absolute Gasteiger partial charge is 0.480 e. The maximum atomic E-state index is 13.0. The van der Waals surface area contributed by atoms with Gasteiger partial charge in [0.1, 0.15) is 18.1 Å². The molecular weight excluding hydrogens is 502 g/mol. The number of hydrogen-bond acceptors (Lipinski definition) is 8. The average Bonchev–Trinajstić information content (AvgIpc) is 2.80. The van der Waals surface area contributed by atoms with E-state index in [1.807, 2.05) is 0 Å². The van der Waals surface area contributed by atoms with Crippen LogP contribution in [0.3, 0.4) is 0 Å². The van der Waals surface area contributed by atoms with Gasteiger partial charge in [-0.15, -0.1) is 0 Å². The lowest BCUT2D eigenvalue weighted by Crippen LogP contribution is -2.57. The van der Waals surface area contributed by atoms with Crippen LogP contribution in [0, 0.1) is 5.92 Å². The smallest absolute Gasteiger partial charge is 0.326 e. The fourth-order valence-corrected chi connectivity index (χ4v) is 3.14. The molecule has 16 nitrogen and oxygen atoms in total. The summed E-state index contributed by atoms with van der Waals surface area (Å²) in [5.41, 5.74) is 21.1. The minimum Gasteiger partial charge on any atom is -0.480 e. The van der Waals surface area contributed by atoms with Crippen LogP contribution >= 0.6 is 0 Å². The summed E-state index contributed by atoms with van der Waals surface area (Å²) in [5.74, 6) is -5.08. The zero-order valence-electron chi connectivity index (χ0n) is 22.0. The minimum absolute atomic E-state index is 0.00644. The molecule has 5 amide bonds. The highest BCUT2D eigenvalue weighted by Crippen LogP contribution is 2.08. The Labute approximate surface area is 221 Å². The molecule has 0 aliphatic carbocycles. The van der Waals surface area contributed by atoms with Crippen LogP contribution in [0.1, 0.15) is 52.9 Å². The quantitative estimate of drug-likeness (QED) is 0.0464. The second-order valence-corrected chi connectivity index (χ2v) is 9.17. The van der Waals surface area contributed by atoms with Gasteiger partial charge in [-0.05, 0) is 38.5 Å². The molecule has 16 heteroatoms. The molecule has 0 aliphatic heterocycles. The number of amides is 5. The molecule has 0 fully saturated rings. The fourth-order valence-electron chi connectivity index (χ4n) is 3.14. The Morgan fingerprint density at radius 1 is 0.816 bits per heavy atom. The van der Waals surface area contributed by atoms with Crippen LogP contribution in [0.5, 0.6) is 0 Å². The van der Waals surface area contributed by atoms with Gasteiger partial charge in [-0.3, -0.25) is 29.0 Å². The molecule has 0 aromatic carbocycles. The summed E-state index contributed by atoms with van der Waals surface area (Å²) in [6, 6.07) is -4.56. The van der Waals surface area contributed by atoms with Crippen molar-refractivity contribution < 1.29 is 33.9 Å². The van der Waals surface area contributed by atoms with Crippen LogP contribution in [0.15, 0.2) is 4.99 Å². The number of primary amides is 1. The lowest BCUT2D eigenvalue weighted by Gasteiger charge is -2.25. The molecule has 0 radical (unpaired) electrons. The van der Waals surface area contributed by atoms with Crippen molar-refractivity contribution >= 4 is 41.5 Å². The number of nitrogens with one attached hydrogen (secondary N) is 4. The second-order valence-electron chi connectivity index (χ2n) is 9.17. The van der Waals surface area contributed by atoms with E-state index < -0.39 is 66.2 Å². The first-order valence-electron chi connectivity index (χ1n) is 12.1. The number of guanidine groups is 1. The van der Waals surface area contributed by atoms with Crippen LogP contribution in [0.2, 0.25) is 0 Å². The highest BCUT2D eigenvalue weighted by molar-refractivity contribution is 5.94. The molecule has 0 heterocycles. The minimum atomic E-state index is -1.32. The van der Waals surface area contributed by atoms with E-state index in [1.165, 1.54) is 6.92 Å². The van der Waals surface area contributed by atoms with Crippen molar-refractivity contribution in [3.05, 3.63) is 0 Å². The van der Waals surface area contributed by atoms with Gasteiger partial charge in [0.15, 0.2) is 5.96 Å². The zero-order valence-corrected chi connectivity index (χ0v) is 22.0. The predicted octanol–water partition coefficient (Wildman–Crippen LogP) is -3.65. The third kappa shape index (κ3) is 15.2. The molecular formula is C22H41N9O7. The molecule has 38 heavy (non-hydrogen) atoms. The SMILES string of the molecule is CC(C)C[C@H](NC(=O)CNC(=O)[C@H](C)N)C(=O)N[C@@H](CCC(N)=O)C(=O)N[C@@H](CCCN=C(N)N)C(=O)O. The summed E-state index contributed by atoms with van der Waals surface area (Å²) < 4.78 is 0. The Bertz CT molecular complexity index is 873. The number of carbonyl (C=O) groups is 6. The monoisotopic (exact) mass is 543 g/mol. The Balaban J connectivity index is 5.48. The first-order valence-corrected chi connectivity index (χ1v) is 12.1. The van der Waals surface area contributed by atoms with E-state index in [9.17, 15) is 33.9 Å². The van der Waals surface area contributed by atoms with Gasteiger partial charge in [0.2, 0.25) is 29.5 Å². The van der Waals surface area contributed by atoms with Crippen LogP contribution in [0.25, 0.3) is 0 Å². The van der Waals surface area contributed by atoms with Crippen LogP contribution in [0.4, 0.5) is 0 Å². The third-order valence-corrected chi connectivity index (χ3v) is 5.07. The summed E-state index contributed by atoms with van der Waals surface area (Å²) >= 11 is 0. The summed E-state index contributed by atoms with van der Waals surface area (Å²) in [6.07, 6.45) is -0.0560. The molecule has 0 saturated heterocycles. The molecule has 0 unspecified atom stereocenters. The topological polar surface area (TPSA) is 287 Å². The summed E-state index contributed by atoms with van der Waals surface area (Å²) in [5, 5.41) is 19.1. The molecule has 0 aliphatic rings. The van der Waals surface area contributed by atoms with Gasteiger partial charge >= 0.3 is 5.97 Å². The molecule has 4 atom stereocenters. The van der Waals surface area contributed by atoms with E-state index in [1.54, 1.807) is 13.8 Å². The van der Waals surface area contributed by atoms with Crippen molar-refractivity contribution in [2.24, 2.45) is 33.8 Å². The zero-order chi connectivity index (χ0) is 29.4. The number of nitrogens with zero attached hydrogens (tertiary/aromatic N) is 1. The van der Waals surface area contributed by atoms with E-state index in [0.717, 1.165) is 0 Å². The molecule has 0 spiro atoms. The summed E-state index contributed by atoms with van der Waals surface area (Å²) in [6.45, 7) is 4.78. The number of rotatable bonds is 18. The highest BCUT2D eigenvalue weighted by atomic mass is 16.4. The summed E-state index contributed by atoms with van der Waals surface area (Å²) in [7, 11) is 0. The number of aliphatic imine (C=N–C) groups is 1. The number of carbonyl (C=O) groups excluding carboxylic acids is 5. The highest BCUT2D eigenvalue weighted by Gasteiger charge is 2.30. The van der Waals surface area contributed by atoms with Crippen molar-refractivity contribution in [3.8, 4) is 0 Å².